The number of thioether (sulfide) groups is 1. The molecule has 0 radical (unpaired) electrons. The highest BCUT2D eigenvalue weighted by Gasteiger charge is 2.34. The number of hydrogen-bond donors (Lipinski definition) is 1. The van der Waals surface area contributed by atoms with Crippen LogP contribution in [-0.2, 0) is 14.6 Å². The first-order chi connectivity index (χ1) is 14.2. The van der Waals surface area contributed by atoms with Crippen LogP contribution in [0, 0.1) is 5.92 Å². The van der Waals surface area contributed by atoms with Gasteiger partial charge < -0.3 is 5.32 Å². The van der Waals surface area contributed by atoms with Crippen molar-refractivity contribution in [2.24, 2.45) is 5.92 Å². The number of hydrogen-bond acceptors (Lipinski definition) is 5. The first kappa shape index (κ1) is 22.4. The standard InChI is InChI=1S/C21H22F2N2O3S2/c1-29-15-5-8-20(24-12-15)25-21(26)17(9-13-10-18(22)19(23)11-13)14-3-6-16(7-4-14)30(2,27)28/h3-9,12-13,18-19H,10-11H2,1-2H3,(H,24,25,26)/t13?,18-,19+. The molecule has 9 heteroatoms. The van der Waals surface area contributed by atoms with Crippen LogP contribution in [-0.4, -0.2) is 44.2 Å². The van der Waals surface area contributed by atoms with Crippen molar-refractivity contribution in [3.63, 3.8) is 0 Å². The van der Waals surface area contributed by atoms with Gasteiger partial charge in [-0.25, -0.2) is 22.2 Å². The summed E-state index contributed by atoms with van der Waals surface area (Å²) in [6.07, 6.45) is 3.09. The molecule has 0 saturated heterocycles. The zero-order valence-electron chi connectivity index (χ0n) is 16.5. The Balaban J connectivity index is 1.91. The maximum absolute atomic E-state index is 13.6. The molecule has 1 aliphatic carbocycles. The number of rotatable bonds is 6. The van der Waals surface area contributed by atoms with E-state index in [1.165, 1.54) is 36.0 Å². The van der Waals surface area contributed by atoms with E-state index in [4.69, 9.17) is 0 Å². The summed E-state index contributed by atoms with van der Waals surface area (Å²) in [6.45, 7) is 0. The van der Waals surface area contributed by atoms with Crippen molar-refractivity contribution >= 4 is 38.9 Å². The van der Waals surface area contributed by atoms with Crippen LogP contribution < -0.4 is 5.32 Å². The van der Waals surface area contributed by atoms with Crippen molar-refractivity contribution in [1.82, 2.24) is 4.98 Å². The molecule has 1 N–H and O–H groups in total. The van der Waals surface area contributed by atoms with Gasteiger partial charge in [0.15, 0.2) is 9.84 Å². The Morgan fingerprint density at radius 1 is 1.13 bits per heavy atom. The molecule has 0 spiro atoms. The molecule has 30 heavy (non-hydrogen) atoms. The Morgan fingerprint density at radius 3 is 2.27 bits per heavy atom. The molecule has 1 heterocycles. The summed E-state index contributed by atoms with van der Waals surface area (Å²) in [5.41, 5.74) is 0.676. The van der Waals surface area contributed by atoms with E-state index in [0.717, 1.165) is 11.2 Å². The van der Waals surface area contributed by atoms with E-state index in [-0.39, 0.29) is 23.3 Å². The van der Waals surface area contributed by atoms with Gasteiger partial charge in [-0.15, -0.1) is 11.8 Å². The van der Waals surface area contributed by atoms with Gasteiger partial charge in [-0.05, 0) is 54.8 Å². The minimum atomic E-state index is -3.39. The number of halogens is 2. The molecule has 3 atom stereocenters. The van der Waals surface area contributed by atoms with E-state index in [9.17, 15) is 22.0 Å². The largest absolute Gasteiger partial charge is 0.307 e. The van der Waals surface area contributed by atoms with Crippen LogP contribution in [0.2, 0.25) is 0 Å². The van der Waals surface area contributed by atoms with Crippen LogP contribution in [0.3, 0.4) is 0 Å². The van der Waals surface area contributed by atoms with Crippen molar-refractivity contribution in [3.8, 4) is 0 Å². The van der Waals surface area contributed by atoms with E-state index in [1.807, 2.05) is 12.3 Å². The van der Waals surface area contributed by atoms with Crippen molar-refractivity contribution in [3.05, 3.63) is 54.2 Å². The second kappa shape index (κ2) is 9.26. The second-order valence-corrected chi connectivity index (χ2v) is 10.1. The first-order valence-electron chi connectivity index (χ1n) is 9.29. The van der Waals surface area contributed by atoms with E-state index < -0.39 is 34.0 Å². The summed E-state index contributed by atoms with van der Waals surface area (Å²) in [6, 6.07) is 9.32. The van der Waals surface area contributed by atoms with Gasteiger partial charge in [0.2, 0.25) is 0 Å². The topological polar surface area (TPSA) is 76.1 Å². The van der Waals surface area contributed by atoms with Gasteiger partial charge in [0.25, 0.3) is 5.91 Å². The predicted molar refractivity (Wildman–Crippen MR) is 115 cm³/mol. The lowest BCUT2D eigenvalue weighted by atomic mass is 9.98. The average Bonchev–Trinajstić information content (AvgIpc) is 3.03. The third kappa shape index (κ3) is 5.46. The second-order valence-electron chi connectivity index (χ2n) is 7.18. The molecule has 1 aromatic carbocycles. The number of alkyl halides is 2. The molecule has 1 unspecified atom stereocenters. The van der Waals surface area contributed by atoms with Crippen LogP contribution >= 0.6 is 11.8 Å². The summed E-state index contributed by atoms with van der Waals surface area (Å²) >= 11 is 1.52. The van der Waals surface area contributed by atoms with Gasteiger partial charge in [-0.2, -0.15) is 0 Å². The summed E-state index contributed by atoms with van der Waals surface area (Å²) in [4.78, 5) is 18.2. The molecule has 3 rings (SSSR count). The molecule has 160 valence electrons. The number of amides is 1. The zero-order chi connectivity index (χ0) is 21.9. The van der Waals surface area contributed by atoms with Crippen LogP contribution in [0.5, 0.6) is 0 Å². The Hall–Kier alpha value is -2.26. The summed E-state index contributed by atoms with van der Waals surface area (Å²) in [5.74, 6) is -0.573. The molecule has 1 fully saturated rings. The van der Waals surface area contributed by atoms with Gasteiger partial charge in [-0.1, -0.05) is 18.2 Å². The highest BCUT2D eigenvalue weighted by Crippen LogP contribution is 2.34. The third-order valence-corrected chi connectivity index (χ3v) is 6.74. The van der Waals surface area contributed by atoms with E-state index in [1.54, 1.807) is 18.3 Å². The summed E-state index contributed by atoms with van der Waals surface area (Å²) in [7, 11) is -3.39. The first-order valence-corrected chi connectivity index (χ1v) is 12.4. The fraction of sp³-hybridized carbons (Fsp3) is 0.333. The van der Waals surface area contributed by atoms with E-state index in [2.05, 4.69) is 10.3 Å². The number of carbonyl (C=O) groups excluding carboxylic acids is 1. The van der Waals surface area contributed by atoms with Crippen molar-refractivity contribution < 1.29 is 22.0 Å². The van der Waals surface area contributed by atoms with Crippen molar-refractivity contribution in [2.45, 2.75) is 35.0 Å². The molecule has 2 aromatic rings. The monoisotopic (exact) mass is 452 g/mol. The summed E-state index contributed by atoms with van der Waals surface area (Å²) in [5, 5.41) is 2.70. The molecular weight excluding hydrogens is 430 g/mol. The Morgan fingerprint density at radius 2 is 1.77 bits per heavy atom. The average molecular weight is 453 g/mol. The third-order valence-electron chi connectivity index (χ3n) is 4.90. The number of benzene rings is 1. The number of carbonyl (C=O) groups is 1. The van der Waals surface area contributed by atoms with E-state index >= 15 is 0 Å². The smallest absolute Gasteiger partial charge is 0.257 e. The normalized spacial score (nSPS) is 22.1. The lowest BCUT2D eigenvalue weighted by Crippen LogP contribution is -2.15. The van der Waals surface area contributed by atoms with Gasteiger partial charge in [0, 0.05) is 22.9 Å². The van der Waals surface area contributed by atoms with Crippen molar-refractivity contribution in [2.75, 3.05) is 17.8 Å². The number of nitrogens with one attached hydrogen (secondary N) is 1. The number of pyridine rings is 1. The Kier molecular flexibility index (Phi) is 6.92. The minimum absolute atomic E-state index is 0.0000393. The fourth-order valence-electron chi connectivity index (χ4n) is 3.29. The lowest BCUT2D eigenvalue weighted by Gasteiger charge is -2.12. The molecule has 1 aromatic heterocycles. The van der Waals surface area contributed by atoms with Crippen LogP contribution in [0.25, 0.3) is 5.57 Å². The molecule has 1 aliphatic rings. The lowest BCUT2D eigenvalue weighted by molar-refractivity contribution is -0.111. The number of aromatic nitrogens is 1. The number of nitrogens with zero attached hydrogens (tertiary/aromatic N) is 1. The highest BCUT2D eigenvalue weighted by atomic mass is 32.2. The van der Waals surface area contributed by atoms with Gasteiger partial charge in [-0.3, -0.25) is 4.79 Å². The quantitative estimate of drug-likeness (QED) is 0.522. The maximum atomic E-state index is 13.6. The molecule has 0 aliphatic heterocycles. The minimum Gasteiger partial charge on any atom is -0.307 e. The molecule has 0 bridgehead atoms. The zero-order valence-corrected chi connectivity index (χ0v) is 18.1. The van der Waals surface area contributed by atoms with Gasteiger partial charge >= 0.3 is 0 Å². The SMILES string of the molecule is CSc1ccc(NC(=O)C(=CC2C[C@@H](F)[C@@H](F)C2)c2ccc(S(C)(=O)=O)cc2)nc1. The van der Waals surface area contributed by atoms with Crippen LogP contribution in [0.15, 0.2) is 58.5 Å². The van der Waals surface area contributed by atoms with Gasteiger partial charge in [0.05, 0.1) is 4.90 Å². The fourth-order valence-corrected chi connectivity index (χ4v) is 4.28. The highest BCUT2D eigenvalue weighted by molar-refractivity contribution is 7.98. The Labute approximate surface area is 178 Å². The van der Waals surface area contributed by atoms with Crippen molar-refractivity contribution in [1.29, 1.82) is 0 Å². The maximum Gasteiger partial charge on any atom is 0.257 e. The Bertz CT molecular complexity index is 1030. The molecule has 1 saturated carbocycles. The van der Waals surface area contributed by atoms with Gasteiger partial charge in [0.1, 0.15) is 18.2 Å². The molecule has 1 amide bonds. The molecular formula is C21H22F2N2O3S2. The number of anilines is 1. The van der Waals surface area contributed by atoms with Crippen LogP contribution in [0.1, 0.15) is 18.4 Å². The summed E-state index contributed by atoms with van der Waals surface area (Å²) < 4.78 is 50.7. The van der Waals surface area contributed by atoms with Crippen LogP contribution in [0.4, 0.5) is 14.6 Å². The number of allylic oxidation sites excluding steroid dienone is 1. The predicted octanol–water partition coefficient (Wildman–Crippen LogP) is 4.32. The number of sulfone groups is 1. The van der Waals surface area contributed by atoms with E-state index in [0.29, 0.717) is 11.4 Å². The molecule has 5 nitrogen and oxygen atoms in total.